The maximum Gasteiger partial charge on any atom is 0.417 e. The Labute approximate surface area is 581 Å². The average molecular weight is 1390 g/mol. The lowest BCUT2D eigenvalue weighted by Gasteiger charge is -2.35. The van der Waals surface area contributed by atoms with Gasteiger partial charge in [-0.2, -0.15) is 0 Å². The first kappa shape index (κ1) is 89.4. The van der Waals surface area contributed by atoms with E-state index in [2.05, 4.69) is 58.2 Å². The maximum absolute atomic E-state index is 13.6. The lowest BCUT2D eigenvalue weighted by molar-refractivity contribution is -0.140. The number of rotatable bonds is 41. The lowest BCUT2D eigenvalue weighted by atomic mass is 10.1. The van der Waals surface area contributed by atoms with E-state index in [1.807, 2.05) is 83.1 Å². The van der Waals surface area contributed by atoms with Gasteiger partial charge in [-0.25, -0.2) is 67.3 Å². The van der Waals surface area contributed by atoms with Gasteiger partial charge in [-0.3, -0.25) is 0 Å². The molecule has 0 saturated carbocycles. The van der Waals surface area contributed by atoms with Crippen molar-refractivity contribution in [2.24, 2.45) is 0 Å². The van der Waals surface area contributed by atoms with E-state index in [-0.39, 0.29) is 178 Å². The molecule has 558 valence electrons. The van der Waals surface area contributed by atoms with Crippen molar-refractivity contribution in [1.82, 2.24) is 61.3 Å². The summed E-state index contributed by atoms with van der Waals surface area (Å²) >= 11 is 0. The Balaban J connectivity index is 6.05. The molecule has 0 aliphatic rings. The molecule has 0 fully saturated rings. The Morgan fingerprint density at radius 1 is 0.265 bits per heavy atom. The van der Waals surface area contributed by atoms with Crippen molar-refractivity contribution in [3.63, 3.8) is 0 Å². The van der Waals surface area contributed by atoms with Crippen molar-refractivity contribution in [3.05, 3.63) is 48.6 Å². The summed E-state index contributed by atoms with van der Waals surface area (Å²) < 4.78 is 31.9. The third-order valence-corrected chi connectivity index (χ3v) is 14.2. The molecule has 0 aliphatic heterocycles. The van der Waals surface area contributed by atoms with E-state index in [0.717, 1.165) is 9.80 Å². The van der Waals surface area contributed by atoms with Gasteiger partial charge < -0.3 is 79.9 Å². The monoisotopic (exact) mass is 1390 g/mol. The van der Waals surface area contributed by atoms with E-state index in [9.17, 15) is 57.5 Å². The van der Waals surface area contributed by atoms with Crippen molar-refractivity contribution < 1.29 is 86.0 Å². The first-order valence-corrected chi connectivity index (χ1v) is 33.5. The van der Waals surface area contributed by atoms with E-state index in [0.29, 0.717) is 38.5 Å². The SMILES string of the molecule is C=C(C)C(=O)OCCN(C(=O)NCCCCNC(=O)N(CCCCNC(=O)N(CCOC(=O)C(=C)C)C(C)(C)C)C(=O)OCCCCOC(=O)N(CCCCNC(=O)N(CCOC(=O)C(=C)C)C(C)(C)C)C(=O)NCCCCNC(=O)N(CCOC(=O)C(=C)C)C(C)(C)C)C(C)(C)C. The molecule has 0 radical (unpaired) electrons. The molecule has 0 aromatic heterocycles. The second-order valence-electron chi connectivity index (χ2n) is 27.4. The molecule has 0 bridgehead atoms. The van der Waals surface area contributed by atoms with Gasteiger partial charge in [0, 0.05) is 96.8 Å². The number of hydrogen-bond acceptors (Lipinski definition) is 18. The van der Waals surface area contributed by atoms with Gasteiger partial charge in [-0.1, -0.05) is 26.3 Å². The van der Waals surface area contributed by atoms with Crippen LogP contribution >= 0.6 is 0 Å². The Kier molecular flexibility index (Phi) is 41.8. The minimum Gasteiger partial charge on any atom is -0.460 e. The Bertz CT molecular complexity index is 2500. The van der Waals surface area contributed by atoms with Crippen LogP contribution in [0.2, 0.25) is 0 Å². The largest absolute Gasteiger partial charge is 0.460 e. The summed E-state index contributed by atoms with van der Waals surface area (Å²) in [6.45, 7) is 43.3. The number of imide groups is 2. The molecule has 6 N–H and O–H groups in total. The van der Waals surface area contributed by atoms with E-state index >= 15 is 0 Å². The second-order valence-corrected chi connectivity index (χ2v) is 27.4. The number of ether oxygens (including phenoxy) is 6. The molecule has 0 aromatic carbocycles. The van der Waals surface area contributed by atoms with Gasteiger partial charge in [-0.05, 0) is 175 Å². The lowest BCUT2D eigenvalue weighted by Crippen LogP contribution is -2.52. The number of urea groups is 6. The molecular weight excluding hydrogens is 1270 g/mol. The van der Waals surface area contributed by atoms with Gasteiger partial charge in [0.15, 0.2) is 0 Å². The number of esters is 4. The molecule has 0 rings (SSSR count). The predicted octanol–water partition coefficient (Wildman–Crippen LogP) is 8.90. The molecule has 98 heavy (non-hydrogen) atoms. The van der Waals surface area contributed by atoms with Crippen molar-refractivity contribution in [3.8, 4) is 0 Å². The minimum absolute atomic E-state index is 0.0258. The Hall–Kier alpha value is -8.60. The summed E-state index contributed by atoms with van der Waals surface area (Å²) in [5, 5.41) is 16.9. The van der Waals surface area contributed by atoms with Gasteiger partial charge in [0.05, 0.1) is 39.4 Å². The highest BCUT2D eigenvalue weighted by Gasteiger charge is 2.31. The topological polar surface area (TPSA) is 352 Å². The summed E-state index contributed by atoms with van der Waals surface area (Å²) in [7, 11) is 0. The zero-order valence-corrected chi connectivity index (χ0v) is 61.7. The summed E-state index contributed by atoms with van der Waals surface area (Å²) in [5.74, 6) is -2.27. The van der Waals surface area contributed by atoms with E-state index in [4.69, 9.17) is 28.4 Å². The van der Waals surface area contributed by atoms with Crippen molar-refractivity contribution >= 4 is 72.3 Å². The standard InChI is InChI=1S/C68H118N12O18/c1-49(2)53(81)93-45-39-77(65(9,10)11)59(87)71-33-23-21-31-69-57(85)75(37-27-25-35-73-61(89)79(67(15,16)17)41-47-95-55(83)51(5)6)63(91)97-43-29-30-44-98-64(92)76(38-28-26-36-74-62(90)80(68(18,19)20)42-48-96-56(84)52(7)8)58(86)70-32-22-24-34-72-60(88)78(66(12,13)14)40-46-94-54(82)50(3)4/h1,3,5,7,21-48H2,2,4,6,8-20H3,(H,69,85)(H,70,86)(H,71,87)(H,72,88)(H,73,89)(H,74,90). The Morgan fingerprint density at radius 2 is 0.459 bits per heavy atom. The first-order chi connectivity index (χ1) is 45.6. The van der Waals surface area contributed by atoms with E-state index in [1.54, 1.807) is 0 Å². The highest BCUT2D eigenvalue weighted by atomic mass is 16.6. The average Bonchev–Trinajstić information content (AvgIpc) is 0.894. The van der Waals surface area contributed by atoms with Crippen LogP contribution in [0.25, 0.3) is 0 Å². The smallest absolute Gasteiger partial charge is 0.417 e. The molecule has 0 heterocycles. The van der Waals surface area contributed by atoms with Crippen molar-refractivity contribution in [1.29, 1.82) is 0 Å². The number of carbonyl (C=O) groups excluding carboxylic acids is 12. The first-order valence-electron chi connectivity index (χ1n) is 33.5. The molecule has 30 heteroatoms. The third-order valence-electron chi connectivity index (χ3n) is 14.2. The summed E-state index contributed by atoms with van der Waals surface area (Å²) in [6.07, 6.45) is 1.35. The second kappa shape index (κ2) is 45.8. The molecule has 0 aliphatic carbocycles. The molecule has 0 unspecified atom stereocenters. The highest BCUT2D eigenvalue weighted by molar-refractivity contribution is 5.92. The number of amides is 14. The summed E-state index contributed by atoms with van der Waals surface area (Å²) in [5.41, 5.74) is -1.54. The predicted molar refractivity (Wildman–Crippen MR) is 372 cm³/mol. The molecule has 0 atom stereocenters. The normalized spacial score (nSPS) is 11.2. The fraction of sp³-hybridized carbons (Fsp3) is 0.706. The van der Waals surface area contributed by atoms with Crippen LogP contribution in [0.15, 0.2) is 48.6 Å². The van der Waals surface area contributed by atoms with E-state index < -0.39 is 82.3 Å². The van der Waals surface area contributed by atoms with Crippen LogP contribution in [0.1, 0.15) is 175 Å². The van der Waals surface area contributed by atoms with Gasteiger partial charge in [0.2, 0.25) is 0 Å². The van der Waals surface area contributed by atoms with Crippen LogP contribution in [-0.2, 0) is 47.6 Å². The van der Waals surface area contributed by atoms with Crippen LogP contribution < -0.4 is 31.9 Å². The maximum atomic E-state index is 13.6. The highest BCUT2D eigenvalue weighted by Crippen LogP contribution is 2.18. The number of nitrogens with zero attached hydrogens (tertiary/aromatic N) is 6. The van der Waals surface area contributed by atoms with Gasteiger partial charge >= 0.3 is 72.3 Å². The van der Waals surface area contributed by atoms with Crippen LogP contribution in [0, 0.1) is 0 Å². The minimum atomic E-state index is -0.961. The van der Waals surface area contributed by atoms with Crippen molar-refractivity contribution in [2.75, 3.05) is 118 Å². The van der Waals surface area contributed by atoms with Crippen LogP contribution in [0.5, 0.6) is 0 Å². The fourth-order valence-corrected chi connectivity index (χ4v) is 8.64. The van der Waals surface area contributed by atoms with Gasteiger partial charge in [-0.15, -0.1) is 0 Å². The molecule has 0 spiro atoms. The molecule has 14 amide bonds. The van der Waals surface area contributed by atoms with Gasteiger partial charge in [0.25, 0.3) is 0 Å². The number of nitrogens with one attached hydrogen (secondary N) is 6. The fourth-order valence-electron chi connectivity index (χ4n) is 8.64. The zero-order valence-electron chi connectivity index (χ0n) is 61.7. The Morgan fingerprint density at radius 3 is 0.653 bits per heavy atom. The number of unbranched alkanes of at least 4 members (excludes halogenated alkanes) is 5. The molecule has 0 saturated heterocycles. The summed E-state index contributed by atoms with van der Waals surface area (Å²) in [6, 6.07) is -3.08. The number of carbonyl (C=O) groups is 12. The third kappa shape index (κ3) is 38.4. The summed E-state index contributed by atoms with van der Waals surface area (Å²) in [4.78, 5) is 163. The van der Waals surface area contributed by atoms with Gasteiger partial charge in [0.1, 0.15) is 26.4 Å². The van der Waals surface area contributed by atoms with E-state index in [1.165, 1.54) is 47.3 Å². The van der Waals surface area contributed by atoms with Crippen LogP contribution in [0.4, 0.5) is 38.4 Å². The van der Waals surface area contributed by atoms with Crippen LogP contribution in [0.3, 0.4) is 0 Å². The zero-order chi connectivity index (χ0) is 75.0. The quantitative estimate of drug-likeness (QED) is 0.0144. The van der Waals surface area contributed by atoms with Crippen LogP contribution in [-0.4, -0.2) is 242 Å². The molecular formula is C68H118N12O18. The van der Waals surface area contributed by atoms with Crippen molar-refractivity contribution in [2.45, 2.75) is 197 Å². The molecule has 0 aromatic rings. The number of hydrogen-bond donors (Lipinski definition) is 6. The molecule has 30 nitrogen and oxygen atoms in total.